The molecule has 2 aromatic rings. The van der Waals surface area contributed by atoms with Crippen LogP contribution in [0.5, 0.6) is 17.2 Å². The Morgan fingerprint density at radius 1 is 1.07 bits per heavy atom. The van der Waals surface area contributed by atoms with Crippen molar-refractivity contribution in [2.24, 2.45) is 0 Å². The standard InChI is InChI=1S/C29H31F5N2O6/c1-3-7-18-16-20(28(39,24(30)31)29(32,33)34)9-10-21(18)40-13-6-5-12-36-25(37)27(4-2,35-26(36)38)19-8-11-22-23(17-19)42-15-14-41-22/h5-6,8-11,16-17,24,39H,3-4,7,12-15H2,1-2H3,(H,35,38)/b6-5+. The van der Waals surface area contributed by atoms with Gasteiger partial charge < -0.3 is 24.6 Å². The number of hydrogen-bond donors (Lipinski definition) is 2. The van der Waals surface area contributed by atoms with E-state index in [1.165, 1.54) is 12.2 Å². The number of urea groups is 1. The van der Waals surface area contributed by atoms with Crippen molar-refractivity contribution in [2.75, 3.05) is 26.4 Å². The minimum atomic E-state index is -5.59. The van der Waals surface area contributed by atoms with Gasteiger partial charge in [-0.25, -0.2) is 13.6 Å². The molecule has 0 saturated carbocycles. The summed E-state index contributed by atoms with van der Waals surface area (Å²) in [6.07, 6.45) is -5.66. The molecule has 2 aliphatic heterocycles. The largest absolute Gasteiger partial charge is 0.489 e. The molecule has 0 aromatic heterocycles. The molecular weight excluding hydrogens is 567 g/mol. The lowest BCUT2D eigenvalue weighted by molar-refractivity contribution is -0.305. The summed E-state index contributed by atoms with van der Waals surface area (Å²) < 4.78 is 83.4. The van der Waals surface area contributed by atoms with E-state index in [2.05, 4.69) is 5.32 Å². The number of aryl methyl sites for hydroxylation is 1. The maximum atomic E-state index is 13.4. The predicted molar refractivity (Wildman–Crippen MR) is 141 cm³/mol. The summed E-state index contributed by atoms with van der Waals surface area (Å²) in [5.41, 5.74) is -5.81. The van der Waals surface area contributed by atoms with Crippen LogP contribution >= 0.6 is 0 Å². The lowest BCUT2D eigenvalue weighted by atomic mass is 9.87. The maximum Gasteiger partial charge on any atom is 0.427 e. The molecule has 4 rings (SSSR count). The zero-order valence-electron chi connectivity index (χ0n) is 23.0. The molecule has 42 heavy (non-hydrogen) atoms. The molecule has 0 aliphatic carbocycles. The van der Waals surface area contributed by atoms with Crippen molar-refractivity contribution in [3.63, 3.8) is 0 Å². The van der Waals surface area contributed by atoms with Crippen molar-refractivity contribution in [3.05, 3.63) is 65.2 Å². The summed E-state index contributed by atoms with van der Waals surface area (Å²) in [4.78, 5) is 27.2. The van der Waals surface area contributed by atoms with E-state index in [0.717, 1.165) is 23.1 Å². The predicted octanol–water partition coefficient (Wildman–Crippen LogP) is 5.22. The second-order valence-electron chi connectivity index (χ2n) is 9.88. The van der Waals surface area contributed by atoms with Gasteiger partial charge in [-0.3, -0.25) is 9.69 Å². The summed E-state index contributed by atoms with van der Waals surface area (Å²) in [6.45, 7) is 4.14. The first-order valence-corrected chi connectivity index (χ1v) is 13.4. The first-order valence-electron chi connectivity index (χ1n) is 13.4. The van der Waals surface area contributed by atoms with Gasteiger partial charge in [-0.05, 0) is 59.9 Å². The fourth-order valence-electron chi connectivity index (χ4n) is 4.96. The van der Waals surface area contributed by atoms with Crippen molar-refractivity contribution in [1.82, 2.24) is 10.2 Å². The van der Waals surface area contributed by atoms with Gasteiger partial charge in [-0.15, -0.1) is 0 Å². The number of halogens is 5. The van der Waals surface area contributed by atoms with Crippen LogP contribution in [0.4, 0.5) is 26.7 Å². The van der Waals surface area contributed by atoms with Crippen molar-refractivity contribution in [3.8, 4) is 17.2 Å². The Morgan fingerprint density at radius 2 is 1.79 bits per heavy atom. The Labute approximate surface area is 239 Å². The van der Waals surface area contributed by atoms with E-state index in [0.29, 0.717) is 36.7 Å². The highest BCUT2D eigenvalue weighted by Crippen LogP contribution is 2.44. The molecule has 1 saturated heterocycles. The number of ether oxygens (including phenoxy) is 3. The van der Waals surface area contributed by atoms with Gasteiger partial charge >= 0.3 is 12.2 Å². The third kappa shape index (κ3) is 5.61. The Morgan fingerprint density at radius 3 is 2.43 bits per heavy atom. The summed E-state index contributed by atoms with van der Waals surface area (Å²) >= 11 is 0. The molecule has 2 unspecified atom stereocenters. The van der Waals surface area contributed by atoms with Crippen LogP contribution < -0.4 is 19.5 Å². The van der Waals surface area contributed by atoms with Crippen molar-refractivity contribution in [2.45, 2.75) is 56.9 Å². The monoisotopic (exact) mass is 598 g/mol. The molecule has 13 heteroatoms. The highest BCUT2D eigenvalue weighted by atomic mass is 19.4. The van der Waals surface area contributed by atoms with Crippen LogP contribution in [0, 0.1) is 0 Å². The third-order valence-corrected chi connectivity index (χ3v) is 7.30. The fourth-order valence-corrected chi connectivity index (χ4v) is 4.96. The van der Waals surface area contributed by atoms with Gasteiger partial charge in [0.05, 0.1) is 0 Å². The van der Waals surface area contributed by atoms with E-state index in [1.807, 2.05) is 0 Å². The zero-order chi connectivity index (χ0) is 30.7. The van der Waals surface area contributed by atoms with Gasteiger partial charge in [0.1, 0.15) is 31.1 Å². The molecule has 0 radical (unpaired) electrons. The van der Waals surface area contributed by atoms with Gasteiger partial charge in [-0.2, -0.15) is 13.2 Å². The first-order chi connectivity index (χ1) is 19.9. The number of benzene rings is 2. The van der Waals surface area contributed by atoms with E-state index >= 15 is 0 Å². The number of fused-ring (bicyclic) bond motifs is 1. The number of nitrogens with one attached hydrogen (secondary N) is 1. The second-order valence-corrected chi connectivity index (χ2v) is 9.88. The van der Waals surface area contributed by atoms with E-state index < -0.39 is 41.2 Å². The molecule has 2 aliphatic rings. The molecule has 8 nitrogen and oxygen atoms in total. The topological polar surface area (TPSA) is 97.3 Å². The number of imide groups is 1. The highest BCUT2D eigenvalue weighted by Gasteiger charge is 2.61. The van der Waals surface area contributed by atoms with Crippen molar-refractivity contribution < 1.29 is 50.9 Å². The van der Waals surface area contributed by atoms with Crippen molar-refractivity contribution >= 4 is 11.9 Å². The Bertz CT molecular complexity index is 1350. The van der Waals surface area contributed by atoms with Gasteiger partial charge in [0.25, 0.3) is 12.3 Å². The molecular formula is C29H31F5N2O6. The number of hydrogen-bond acceptors (Lipinski definition) is 6. The molecule has 228 valence electrons. The van der Waals surface area contributed by atoms with E-state index in [9.17, 15) is 36.6 Å². The Kier molecular flexibility index (Phi) is 9.00. The van der Waals surface area contributed by atoms with Crippen LogP contribution in [0.1, 0.15) is 43.4 Å². The number of rotatable bonds is 11. The van der Waals surface area contributed by atoms with Crippen LogP contribution in [0.3, 0.4) is 0 Å². The molecule has 0 bridgehead atoms. The van der Waals surface area contributed by atoms with Crippen LogP contribution in [0.25, 0.3) is 0 Å². The van der Waals surface area contributed by atoms with E-state index in [-0.39, 0.29) is 37.3 Å². The zero-order valence-corrected chi connectivity index (χ0v) is 23.0. The SMILES string of the molecule is CCCc1cc(C(O)(C(F)F)C(F)(F)F)ccc1OC/C=C/CN1C(=O)NC(CC)(c2ccc3c(c2)OCCO3)C1=O. The number of carbonyl (C=O) groups is 2. The fraction of sp³-hybridized carbons (Fsp3) is 0.448. The van der Waals surface area contributed by atoms with Crippen LogP contribution in [-0.2, 0) is 22.4 Å². The summed E-state index contributed by atoms with van der Waals surface area (Å²) in [6, 6.07) is 7.23. The third-order valence-electron chi connectivity index (χ3n) is 7.30. The molecule has 0 spiro atoms. The summed E-state index contributed by atoms with van der Waals surface area (Å²) in [7, 11) is 0. The quantitative estimate of drug-likeness (QED) is 0.209. The van der Waals surface area contributed by atoms with Crippen LogP contribution in [-0.4, -0.2) is 60.9 Å². The summed E-state index contributed by atoms with van der Waals surface area (Å²) in [5.74, 6) is 0.739. The molecule has 2 heterocycles. The van der Waals surface area contributed by atoms with Crippen LogP contribution in [0.15, 0.2) is 48.6 Å². The molecule has 1 fully saturated rings. The maximum absolute atomic E-state index is 13.4. The molecule has 2 aromatic carbocycles. The number of carbonyl (C=O) groups excluding carboxylic acids is 2. The smallest absolute Gasteiger partial charge is 0.427 e. The van der Waals surface area contributed by atoms with Gasteiger partial charge in [0.15, 0.2) is 11.5 Å². The molecule has 2 N–H and O–H groups in total. The molecule has 2 atom stereocenters. The van der Waals surface area contributed by atoms with Gasteiger partial charge in [-0.1, -0.05) is 38.5 Å². The summed E-state index contributed by atoms with van der Waals surface area (Å²) in [5, 5.41) is 12.6. The Hall–Kier alpha value is -3.87. The minimum absolute atomic E-state index is 0.0753. The van der Waals surface area contributed by atoms with Crippen LogP contribution in [0.2, 0.25) is 0 Å². The number of amides is 3. The minimum Gasteiger partial charge on any atom is -0.489 e. The lowest BCUT2D eigenvalue weighted by Crippen LogP contribution is -2.48. The number of alkyl halides is 5. The Balaban J connectivity index is 1.44. The average Bonchev–Trinajstić information content (AvgIpc) is 3.21. The number of nitrogens with zero attached hydrogens (tertiary/aromatic N) is 1. The lowest BCUT2D eigenvalue weighted by Gasteiger charge is -2.30. The average molecular weight is 599 g/mol. The molecule has 3 amide bonds. The number of aliphatic hydroxyl groups is 1. The highest BCUT2D eigenvalue weighted by molar-refractivity contribution is 6.07. The van der Waals surface area contributed by atoms with E-state index in [1.54, 1.807) is 32.0 Å². The first kappa shape index (κ1) is 31.1. The normalized spacial score (nSPS) is 20.3. The van der Waals surface area contributed by atoms with Gasteiger partial charge in [0.2, 0.25) is 5.60 Å². The van der Waals surface area contributed by atoms with E-state index in [4.69, 9.17) is 14.2 Å². The van der Waals surface area contributed by atoms with Crippen molar-refractivity contribution in [1.29, 1.82) is 0 Å². The second kappa shape index (κ2) is 12.2. The van der Waals surface area contributed by atoms with Gasteiger partial charge in [0, 0.05) is 6.54 Å².